The van der Waals surface area contributed by atoms with Crippen LogP contribution in [0.1, 0.15) is 17.2 Å². The van der Waals surface area contributed by atoms with E-state index < -0.39 is 6.10 Å². The first-order valence-corrected chi connectivity index (χ1v) is 10.4. The van der Waals surface area contributed by atoms with Gasteiger partial charge >= 0.3 is 0 Å². The van der Waals surface area contributed by atoms with Gasteiger partial charge in [0.05, 0.1) is 0 Å². The third-order valence-electron chi connectivity index (χ3n) is 3.82. The normalized spacial score (nSPS) is 7.58. The van der Waals surface area contributed by atoms with Gasteiger partial charge in [-0.1, -0.05) is 24.3 Å². The summed E-state index contributed by atoms with van der Waals surface area (Å²) in [4.78, 5) is 0. The fraction of sp³-hybridized carbons (Fsp3) is 0.0286. The van der Waals surface area contributed by atoms with E-state index in [0.29, 0.717) is 16.9 Å². The van der Waals surface area contributed by atoms with Crippen molar-refractivity contribution in [2.45, 2.75) is 6.10 Å². The number of terminal acetylenes is 1. The highest BCUT2D eigenvalue weighted by Gasteiger charge is 2.10. The number of aliphatic hydroxyl groups is 1. The van der Waals surface area contributed by atoms with E-state index in [9.17, 15) is 10.2 Å². The number of benzene rings is 2. The molecule has 0 amide bonds. The zero-order valence-electron chi connectivity index (χ0n) is 19.6. The van der Waals surface area contributed by atoms with E-state index in [1.165, 1.54) is 12.1 Å². The standard InChI is InChI=1S/C35H12O3/c1-2-3-4-5-6-7-8-9-10-11-12-13-14-15-16-17-18-19-20-21-30-38-34-28-24-32(25-29-34)35(37)31-22-26-33(36)27-23-31/h1,22-29,35-37H. The molecule has 38 heavy (non-hydrogen) atoms. The Kier molecular flexibility index (Phi) is 12.7. The minimum atomic E-state index is -0.820. The van der Waals surface area contributed by atoms with E-state index in [0.717, 1.165) is 0 Å². The lowest BCUT2D eigenvalue weighted by molar-refractivity contribution is 0.220. The van der Waals surface area contributed by atoms with Gasteiger partial charge in [0.25, 0.3) is 0 Å². The summed E-state index contributed by atoms with van der Waals surface area (Å²) in [5.41, 5.74) is 1.34. The lowest BCUT2D eigenvalue weighted by Crippen LogP contribution is -1.99. The summed E-state index contributed by atoms with van der Waals surface area (Å²) in [5, 5.41) is 19.8. The van der Waals surface area contributed by atoms with Crippen molar-refractivity contribution in [1.82, 2.24) is 0 Å². The number of hydrogen-bond donors (Lipinski definition) is 2. The van der Waals surface area contributed by atoms with Gasteiger partial charge in [-0.05, 0) is 82.8 Å². The van der Waals surface area contributed by atoms with Crippen LogP contribution in [0, 0.1) is 131 Å². The van der Waals surface area contributed by atoms with Crippen molar-refractivity contribution < 1.29 is 14.9 Å². The number of hydrogen-bond acceptors (Lipinski definition) is 3. The van der Waals surface area contributed by atoms with Gasteiger partial charge in [-0.25, -0.2) is 0 Å². The second-order valence-electron chi connectivity index (χ2n) is 6.29. The lowest BCUT2D eigenvalue weighted by atomic mass is 10.0. The van der Waals surface area contributed by atoms with Crippen molar-refractivity contribution in [3.05, 3.63) is 59.7 Å². The maximum atomic E-state index is 10.4. The molecule has 0 aliphatic rings. The van der Waals surface area contributed by atoms with Crippen LogP contribution in [0.5, 0.6) is 11.5 Å². The summed E-state index contributed by atoms with van der Waals surface area (Å²) in [7, 11) is 0. The van der Waals surface area contributed by atoms with Gasteiger partial charge < -0.3 is 14.9 Å². The van der Waals surface area contributed by atoms with Crippen LogP contribution in [0.3, 0.4) is 0 Å². The number of phenols is 1. The zero-order chi connectivity index (χ0) is 27.1. The van der Waals surface area contributed by atoms with E-state index in [-0.39, 0.29) is 5.75 Å². The van der Waals surface area contributed by atoms with E-state index in [4.69, 9.17) is 11.2 Å². The van der Waals surface area contributed by atoms with Gasteiger partial charge in [0, 0.05) is 71.0 Å². The summed E-state index contributed by atoms with van der Waals surface area (Å²) in [6, 6.07) is 13.2. The summed E-state index contributed by atoms with van der Waals surface area (Å²) >= 11 is 0. The molecule has 0 saturated heterocycles. The monoisotopic (exact) mass is 480 g/mol. The minimum absolute atomic E-state index is 0.138. The number of phenolic OH excluding ortho intramolecular Hbond substituents is 1. The molecule has 0 heterocycles. The Hall–Kier alpha value is -6.84. The quantitative estimate of drug-likeness (QED) is 0.664. The minimum Gasteiger partial charge on any atom is -0.508 e. The fourth-order valence-electron chi connectivity index (χ4n) is 2.24. The van der Waals surface area contributed by atoms with E-state index in [1.54, 1.807) is 36.4 Å². The summed E-state index contributed by atoms with van der Waals surface area (Å²) in [6.45, 7) is 0. The van der Waals surface area contributed by atoms with Crippen molar-refractivity contribution in [3.8, 4) is 142 Å². The van der Waals surface area contributed by atoms with Gasteiger partial charge in [-0.3, -0.25) is 0 Å². The molecule has 2 aromatic rings. The third-order valence-corrected chi connectivity index (χ3v) is 3.82. The van der Waals surface area contributed by atoms with Crippen molar-refractivity contribution >= 4 is 0 Å². The van der Waals surface area contributed by atoms with E-state index in [1.807, 2.05) is 0 Å². The Bertz CT molecular complexity index is 1850. The Labute approximate surface area is 223 Å². The predicted molar refractivity (Wildman–Crippen MR) is 146 cm³/mol. The smallest absolute Gasteiger partial charge is 0.140 e. The Morgan fingerprint density at radius 2 is 0.842 bits per heavy atom. The highest BCUT2D eigenvalue weighted by Crippen LogP contribution is 2.25. The Morgan fingerprint density at radius 1 is 0.500 bits per heavy atom. The van der Waals surface area contributed by atoms with Crippen molar-refractivity contribution in [2.75, 3.05) is 0 Å². The molecule has 0 spiro atoms. The van der Waals surface area contributed by atoms with E-state index >= 15 is 0 Å². The number of rotatable bonds is 3. The average Bonchev–Trinajstić information content (AvgIpc) is 2.94. The predicted octanol–water partition coefficient (Wildman–Crippen LogP) is 2.48. The molecule has 1 unspecified atom stereocenters. The van der Waals surface area contributed by atoms with Crippen LogP contribution in [0.4, 0.5) is 0 Å². The van der Waals surface area contributed by atoms with Crippen LogP contribution in [-0.4, -0.2) is 10.2 Å². The molecule has 0 aliphatic carbocycles. The molecular formula is C35H12O3. The molecule has 3 nitrogen and oxygen atoms in total. The van der Waals surface area contributed by atoms with Gasteiger partial charge in [0.2, 0.25) is 0 Å². The van der Waals surface area contributed by atoms with Crippen LogP contribution in [0.2, 0.25) is 0 Å². The second-order valence-corrected chi connectivity index (χ2v) is 6.29. The lowest BCUT2D eigenvalue weighted by Gasteiger charge is -2.11. The highest BCUT2D eigenvalue weighted by atomic mass is 16.5. The molecule has 0 fully saturated rings. The molecule has 3 heteroatoms. The van der Waals surface area contributed by atoms with E-state index in [2.05, 4.69) is 125 Å². The molecule has 2 aromatic carbocycles. The Morgan fingerprint density at radius 3 is 1.24 bits per heavy atom. The summed E-state index contributed by atoms with van der Waals surface area (Å²) < 4.78 is 5.28. The van der Waals surface area contributed by atoms with Crippen LogP contribution < -0.4 is 4.74 Å². The first-order chi connectivity index (χ1) is 18.7. The van der Waals surface area contributed by atoms with Crippen molar-refractivity contribution in [2.24, 2.45) is 0 Å². The Balaban J connectivity index is 1.77. The molecule has 1 atom stereocenters. The maximum absolute atomic E-state index is 10.4. The first-order valence-electron chi connectivity index (χ1n) is 10.4. The van der Waals surface area contributed by atoms with Gasteiger partial charge in [0.1, 0.15) is 23.7 Å². The van der Waals surface area contributed by atoms with Gasteiger partial charge in [-0.2, -0.15) is 0 Å². The van der Waals surface area contributed by atoms with Gasteiger partial charge in [-0.15, -0.1) is 6.42 Å². The molecule has 2 rings (SSSR count). The van der Waals surface area contributed by atoms with Crippen LogP contribution in [0.15, 0.2) is 48.5 Å². The largest absolute Gasteiger partial charge is 0.508 e. The molecule has 2 N–H and O–H groups in total. The molecule has 0 aromatic heterocycles. The molecule has 0 aliphatic heterocycles. The van der Waals surface area contributed by atoms with Crippen molar-refractivity contribution in [1.29, 1.82) is 0 Å². The number of aromatic hydroxyl groups is 1. The first kappa shape index (κ1) is 27.4. The van der Waals surface area contributed by atoms with Crippen LogP contribution in [-0.2, 0) is 0 Å². The molecule has 0 radical (unpaired) electrons. The molecule has 0 saturated carbocycles. The third kappa shape index (κ3) is 11.9. The molecular weight excluding hydrogens is 468 g/mol. The summed E-state index contributed by atoms with van der Waals surface area (Å²) in [6.07, 6.45) is 6.57. The van der Waals surface area contributed by atoms with Crippen LogP contribution >= 0.6 is 0 Å². The molecule has 170 valence electrons. The van der Waals surface area contributed by atoms with Gasteiger partial charge in [0.15, 0.2) is 0 Å². The number of ether oxygens (including phenoxy) is 1. The average molecular weight is 480 g/mol. The van der Waals surface area contributed by atoms with Crippen LogP contribution in [0.25, 0.3) is 0 Å². The van der Waals surface area contributed by atoms with Crippen molar-refractivity contribution in [3.63, 3.8) is 0 Å². The molecule has 0 bridgehead atoms. The fourth-order valence-corrected chi connectivity index (χ4v) is 2.24. The SMILES string of the molecule is C#CC#CC#CC#CC#CC#CC#CC#CC#CC#CC#COc1ccc(C(O)c2ccc(O)cc2)cc1. The zero-order valence-corrected chi connectivity index (χ0v) is 19.6. The second kappa shape index (κ2) is 17.6. The highest BCUT2D eigenvalue weighted by molar-refractivity contribution is 5.47. The topological polar surface area (TPSA) is 49.7 Å². The maximum Gasteiger partial charge on any atom is 0.140 e. The number of aliphatic hydroxyl groups excluding tert-OH is 1. The summed E-state index contributed by atoms with van der Waals surface area (Å²) in [5.74, 6) is 49.9.